The highest BCUT2D eigenvalue weighted by Crippen LogP contribution is 2.30. The monoisotopic (exact) mass is 393 g/mol. The molecule has 0 amide bonds. The van der Waals surface area contributed by atoms with Crippen LogP contribution in [0.4, 0.5) is 5.69 Å². The molecule has 0 spiro atoms. The lowest BCUT2D eigenvalue weighted by atomic mass is 9.86. The molecule has 152 valence electrons. The quantitative estimate of drug-likeness (QED) is 0.605. The van der Waals surface area contributed by atoms with E-state index < -0.39 is 0 Å². The molecule has 0 radical (unpaired) electrons. The minimum absolute atomic E-state index is 0.0614. The van der Waals surface area contributed by atoms with E-state index >= 15 is 0 Å². The maximum absolute atomic E-state index is 12.8. The van der Waals surface area contributed by atoms with Crippen LogP contribution in [0.1, 0.15) is 25.3 Å². The molecule has 3 N–H and O–H groups in total. The first-order valence-corrected chi connectivity index (χ1v) is 9.76. The fraction of sp³-hybridized carbons (Fsp3) is 0.304. The van der Waals surface area contributed by atoms with E-state index in [0.717, 1.165) is 23.4 Å². The first-order valence-electron chi connectivity index (χ1n) is 9.76. The summed E-state index contributed by atoms with van der Waals surface area (Å²) in [4.78, 5) is 16.9. The lowest BCUT2D eigenvalue weighted by molar-refractivity contribution is -0.116. The third-order valence-corrected chi connectivity index (χ3v) is 4.75. The predicted molar refractivity (Wildman–Crippen MR) is 113 cm³/mol. The minimum Gasteiger partial charge on any atom is -0.489 e. The Bertz CT molecular complexity index is 893. The third kappa shape index (κ3) is 5.45. The number of carbonyl (C=O) groups is 1. The summed E-state index contributed by atoms with van der Waals surface area (Å²) in [6.45, 7) is 6.83. The second-order valence-electron chi connectivity index (χ2n) is 7.17. The number of rotatable bonds is 9. The van der Waals surface area contributed by atoms with Crippen LogP contribution in [0.15, 0.2) is 72.3 Å². The van der Waals surface area contributed by atoms with E-state index in [1.54, 1.807) is 12.4 Å². The molecule has 1 aromatic heterocycles. The van der Waals surface area contributed by atoms with Gasteiger partial charge in [0.05, 0.1) is 18.4 Å². The Labute approximate surface area is 171 Å². The van der Waals surface area contributed by atoms with Gasteiger partial charge in [0.2, 0.25) is 0 Å². The van der Waals surface area contributed by atoms with Gasteiger partial charge in [-0.15, -0.1) is 0 Å². The number of allylic oxidation sites excluding steroid dienone is 2. The number of hydrogen-bond acceptors (Lipinski definition) is 6. The summed E-state index contributed by atoms with van der Waals surface area (Å²) in [5, 5.41) is 15.7. The predicted octanol–water partition coefficient (Wildman–Crippen LogP) is 3.42. The Hall–Kier alpha value is -3.12. The zero-order valence-electron chi connectivity index (χ0n) is 16.6. The van der Waals surface area contributed by atoms with Crippen molar-refractivity contribution >= 4 is 11.5 Å². The number of nitrogens with one attached hydrogen (secondary N) is 2. The molecular weight excluding hydrogens is 366 g/mol. The fourth-order valence-corrected chi connectivity index (χ4v) is 3.42. The van der Waals surface area contributed by atoms with Crippen LogP contribution in [-0.4, -0.2) is 29.1 Å². The summed E-state index contributed by atoms with van der Waals surface area (Å²) < 4.78 is 5.56. The number of aliphatic hydroxyl groups excluding tert-OH is 1. The van der Waals surface area contributed by atoms with Crippen LogP contribution in [0.3, 0.4) is 0 Å². The third-order valence-electron chi connectivity index (χ3n) is 4.75. The van der Waals surface area contributed by atoms with E-state index in [1.807, 2.05) is 36.4 Å². The van der Waals surface area contributed by atoms with Crippen LogP contribution in [0.5, 0.6) is 5.75 Å². The number of para-hydroxylation sites is 1. The van der Waals surface area contributed by atoms with Gasteiger partial charge < -0.3 is 20.5 Å². The number of carbonyl (C=O) groups excluding carboxylic acids is 1. The molecule has 0 fully saturated rings. The van der Waals surface area contributed by atoms with E-state index in [2.05, 4.69) is 29.1 Å². The number of aliphatic hydroxyl groups is 1. The van der Waals surface area contributed by atoms with Gasteiger partial charge in [-0.05, 0) is 30.5 Å². The highest BCUT2D eigenvalue weighted by atomic mass is 16.5. The highest BCUT2D eigenvalue weighted by Gasteiger charge is 2.27. The van der Waals surface area contributed by atoms with Crippen LogP contribution >= 0.6 is 0 Å². The maximum atomic E-state index is 12.8. The Kier molecular flexibility index (Phi) is 7.03. The second-order valence-corrected chi connectivity index (χ2v) is 7.17. The van der Waals surface area contributed by atoms with Gasteiger partial charge in [0.1, 0.15) is 12.4 Å². The molecule has 1 heterocycles. The van der Waals surface area contributed by atoms with E-state index in [4.69, 9.17) is 9.84 Å². The van der Waals surface area contributed by atoms with Crippen molar-refractivity contribution in [3.05, 3.63) is 77.9 Å². The second kappa shape index (κ2) is 9.89. The maximum Gasteiger partial charge on any atom is 0.166 e. The number of anilines is 1. The Morgan fingerprint density at radius 2 is 2.07 bits per heavy atom. The average Bonchev–Trinajstić information content (AvgIpc) is 2.71. The van der Waals surface area contributed by atoms with Gasteiger partial charge in [0.15, 0.2) is 5.78 Å². The molecule has 1 aromatic carbocycles. The van der Waals surface area contributed by atoms with Crippen molar-refractivity contribution in [1.29, 1.82) is 0 Å². The highest BCUT2D eigenvalue weighted by molar-refractivity contribution is 6.01. The molecular formula is C23H27N3O3. The Balaban J connectivity index is 1.80. The van der Waals surface area contributed by atoms with Gasteiger partial charge in [-0.2, -0.15) is 0 Å². The van der Waals surface area contributed by atoms with Crippen LogP contribution in [0.25, 0.3) is 0 Å². The first kappa shape index (κ1) is 20.6. The van der Waals surface area contributed by atoms with Crippen LogP contribution in [0, 0.1) is 5.92 Å². The largest absolute Gasteiger partial charge is 0.489 e. The average molecular weight is 393 g/mol. The van der Waals surface area contributed by atoms with Crippen molar-refractivity contribution in [1.82, 2.24) is 10.3 Å². The number of ketones is 1. The summed E-state index contributed by atoms with van der Waals surface area (Å²) in [6, 6.07) is 11.6. The molecule has 1 atom stereocenters. The lowest BCUT2D eigenvalue weighted by Gasteiger charge is -2.27. The van der Waals surface area contributed by atoms with E-state index in [9.17, 15) is 4.79 Å². The molecule has 0 bridgehead atoms. The van der Waals surface area contributed by atoms with Crippen molar-refractivity contribution in [2.24, 2.45) is 5.92 Å². The molecule has 0 saturated carbocycles. The number of ether oxygens (including phenoxy) is 1. The Morgan fingerprint density at radius 3 is 2.83 bits per heavy atom. The zero-order valence-corrected chi connectivity index (χ0v) is 16.6. The SMILES string of the molecule is C=C(Nc1ccccc1)C1=C(NCc2ccncc2OCCO)CC(C)CC1=O. The van der Waals surface area contributed by atoms with E-state index in [0.29, 0.717) is 30.0 Å². The molecule has 1 aliphatic rings. The smallest absolute Gasteiger partial charge is 0.166 e. The number of aromatic nitrogens is 1. The van der Waals surface area contributed by atoms with Gasteiger partial charge in [-0.3, -0.25) is 9.78 Å². The number of hydrogen-bond donors (Lipinski definition) is 3. The van der Waals surface area contributed by atoms with Gasteiger partial charge in [-0.25, -0.2) is 0 Å². The standard InChI is InChI=1S/C23H27N3O3/c1-16-12-20(25-14-18-8-9-24-15-22(18)29-11-10-27)23(21(28)13-16)17(2)26-19-6-4-3-5-7-19/h3-9,15-16,25-27H,2,10-14H2,1H3. The topological polar surface area (TPSA) is 83.5 Å². The number of pyridine rings is 1. The zero-order chi connectivity index (χ0) is 20.6. The first-order chi connectivity index (χ1) is 14.1. The number of benzene rings is 1. The van der Waals surface area contributed by atoms with E-state index in [1.165, 1.54) is 0 Å². The summed E-state index contributed by atoms with van der Waals surface area (Å²) >= 11 is 0. The normalized spacial score (nSPS) is 16.5. The van der Waals surface area contributed by atoms with Crippen molar-refractivity contribution in [2.75, 3.05) is 18.5 Å². The van der Waals surface area contributed by atoms with Gasteiger partial charge in [-0.1, -0.05) is 31.7 Å². The molecule has 3 rings (SSSR count). The van der Waals surface area contributed by atoms with Crippen LogP contribution < -0.4 is 15.4 Å². The Morgan fingerprint density at radius 1 is 1.28 bits per heavy atom. The molecule has 1 aliphatic carbocycles. The molecule has 0 saturated heterocycles. The molecule has 0 aliphatic heterocycles. The van der Waals surface area contributed by atoms with Gasteiger partial charge in [0, 0.05) is 41.8 Å². The summed E-state index contributed by atoms with van der Waals surface area (Å²) in [7, 11) is 0. The summed E-state index contributed by atoms with van der Waals surface area (Å²) in [5.74, 6) is 0.972. The summed E-state index contributed by atoms with van der Waals surface area (Å²) in [5.41, 5.74) is 3.91. The lowest BCUT2D eigenvalue weighted by Crippen LogP contribution is -2.28. The van der Waals surface area contributed by atoms with Crippen molar-refractivity contribution < 1.29 is 14.6 Å². The van der Waals surface area contributed by atoms with E-state index in [-0.39, 0.29) is 24.9 Å². The van der Waals surface area contributed by atoms with Crippen LogP contribution in [0.2, 0.25) is 0 Å². The molecule has 2 aromatic rings. The van der Waals surface area contributed by atoms with Crippen molar-refractivity contribution in [3.8, 4) is 5.75 Å². The molecule has 6 nitrogen and oxygen atoms in total. The number of Topliss-reactive ketones (excluding diaryl/α,β-unsaturated/α-hetero) is 1. The molecule has 6 heteroatoms. The van der Waals surface area contributed by atoms with Gasteiger partial charge >= 0.3 is 0 Å². The number of nitrogens with zero attached hydrogens (tertiary/aromatic N) is 1. The van der Waals surface area contributed by atoms with Gasteiger partial charge in [0.25, 0.3) is 0 Å². The molecule has 1 unspecified atom stereocenters. The van der Waals surface area contributed by atoms with Crippen molar-refractivity contribution in [2.45, 2.75) is 26.3 Å². The fourth-order valence-electron chi connectivity index (χ4n) is 3.42. The summed E-state index contributed by atoms with van der Waals surface area (Å²) in [6.07, 6.45) is 4.61. The molecule has 29 heavy (non-hydrogen) atoms. The van der Waals surface area contributed by atoms with Crippen molar-refractivity contribution in [3.63, 3.8) is 0 Å². The minimum atomic E-state index is -0.0614. The van der Waals surface area contributed by atoms with Crippen LogP contribution in [-0.2, 0) is 11.3 Å².